The topological polar surface area (TPSA) is 140 Å². The lowest BCUT2D eigenvalue weighted by Crippen LogP contribution is -2.47. The minimum Gasteiger partial charge on any atom is -0.385 e. The highest BCUT2D eigenvalue weighted by atomic mass is 35.5. The number of halogens is 1. The van der Waals surface area contributed by atoms with E-state index in [4.69, 9.17) is 22.4 Å². The molecule has 6 rings (SSSR count). The van der Waals surface area contributed by atoms with Gasteiger partial charge in [0.05, 0.1) is 33.6 Å². The smallest absolute Gasteiger partial charge is 0.262 e. The zero-order valence-electron chi connectivity index (χ0n) is 21.8. The first-order valence-corrected chi connectivity index (χ1v) is 13.9. The highest BCUT2D eigenvalue weighted by Crippen LogP contribution is 2.45. The van der Waals surface area contributed by atoms with Crippen molar-refractivity contribution >= 4 is 41.3 Å². The van der Waals surface area contributed by atoms with Crippen molar-refractivity contribution in [3.8, 4) is 11.3 Å². The van der Waals surface area contributed by atoms with Gasteiger partial charge in [0.1, 0.15) is 12.3 Å². The van der Waals surface area contributed by atoms with Gasteiger partial charge in [-0.05, 0) is 68.4 Å². The Hall–Kier alpha value is -4.05. The highest BCUT2D eigenvalue weighted by Gasteiger charge is 2.42. The molecule has 0 bridgehead atoms. The number of hydrogen-bond acceptors (Lipinski definition) is 7. The number of imide groups is 1. The molecule has 2 saturated carbocycles. The summed E-state index contributed by atoms with van der Waals surface area (Å²) in [6.45, 7) is 0.715. The number of fused-ring (bicyclic) bond motifs is 1. The van der Waals surface area contributed by atoms with Gasteiger partial charge >= 0.3 is 0 Å². The largest absolute Gasteiger partial charge is 0.385 e. The average molecular weight is 561 g/mol. The van der Waals surface area contributed by atoms with E-state index in [0.717, 1.165) is 53.2 Å². The number of hydrogen-bond donors (Lipinski definition) is 2. The van der Waals surface area contributed by atoms with Gasteiger partial charge in [0.25, 0.3) is 11.8 Å². The van der Waals surface area contributed by atoms with Crippen molar-refractivity contribution < 1.29 is 19.2 Å². The number of benzene rings is 1. The normalized spacial score (nSPS) is 20.7. The van der Waals surface area contributed by atoms with Gasteiger partial charge < -0.3 is 15.8 Å². The van der Waals surface area contributed by atoms with Gasteiger partial charge in [-0.25, -0.2) is 0 Å². The van der Waals surface area contributed by atoms with Crippen LogP contribution in [0.2, 0.25) is 5.02 Å². The van der Waals surface area contributed by atoms with Crippen LogP contribution in [-0.4, -0.2) is 56.3 Å². The SMILES string of the molecule is NC(=O)C(CCC=O)N1C(=O)c2ccc(NC[C@H]3C[C@H](n4cc(-c5ccc(Cl)cn5)c(C5CC5)n4)C3)cc2C1=O. The summed E-state index contributed by atoms with van der Waals surface area (Å²) in [6, 6.07) is 7.95. The van der Waals surface area contributed by atoms with E-state index in [1.165, 1.54) is 0 Å². The first-order valence-electron chi connectivity index (χ1n) is 13.5. The second-order valence-corrected chi connectivity index (χ2v) is 11.3. The monoisotopic (exact) mass is 560 g/mol. The molecule has 0 spiro atoms. The zero-order valence-corrected chi connectivity index (χ0v) is 22.5. The summed E-state index contributed by atoms with van der Waals surface area (Å²) in [7, 11) is 0. The number of aldehydes is 1. The number of primary amides is 1. The Morgan fingerprint density at radius 2 is 1.90 bits per heavy atom. The standard InChI is InChI=1S/C29H29ClN6O4/c30-18-5-8-24(33-14-18)23-15-35(34-26(23)17-3-4-17)20-10-16(11-20)13-32-19-6-7-21-22(12-19)29(40)36(28(21)39)25(27(31)38)2-1-9-37/h5-9,12,14-17,20,25,32H,1-4,10-11,13H2,(H2,31,38)/t16-,20-,25?. The Morgan fingerprint density at radius 1 is 1.12 bits per heavy atom. The third-order valence-corrected chi connectivity index (χ3v) is 8.25. The van der Waals surface area contributed by atoms with Gasteiger partial charge in [-0.1, -0.05) is 11.6 Å². The van der Waals surface area contributed by atoms with E-state index < -0.39 is 23.8 Å². The molecule has 2 aromatic heterocycles. The van der Waals surface area contributed by atoms with E-state index in [1.807, 2.05) is 12.1 Å². The van der Waals surface area contributed by atoms with Crippen LogP contribution >= 0.6 is 11.6 Å². The fourth-order valence-electron chi connectivity index (χ4n) is 5.61. The fourth-order valence-corrected chi connectivity index (χ4v) is 5.72. The lowest BCUT2D eigenvalue weighted by Gasteiger charge is -2.35. The molecule has 1 atom stereocenters. The molecule has 3 aliphatic rings. The molecule has 3 amide bonds. The summed E-state index contributed by atoms with van der Waals surface area (Å²) in [5, 5.41) is 8.95. The Bertz CT molecular complexity index is 1490. The predicted octanol–water partition coefficient (Wildman–Crippen LogP) is 3.97. The average Bonchev–Trinajstić information content (AvgIpc) is 3.63. The maximum Gasteiger partial charge on any atom is 0.262 e. The number of amides is 3. The van der Waals surface area contributed by atoms with Gasteiger partial charge in [-0.3, -0.25) is 28.9 Å². The van der Waals surface area contributed by atoms with E-state index in [2.05, 4.69) is 21.2 Å². The lowest BCUT2D eigenvalue weighted by molar-refractivity contribution is -0.122. The second-order valence-electron chi connectivity index (χ2n) is 10.8. The number of carbonyl (C=O) groups is 4. The first kappa shape index (κ1) is 26.2. The third kappa shape index (κ3) is 4.88. The minimum atomic E-state index is -1.15. The highest BCUT2D eigenvalue weighted by molar-refractivity contribution is 6.30. The molecule has 0 saturated heterocycles. The summed E-state index contributed by atoms with van der Waals surface area (Å²) in [6.07, 6.45) is 8.70. The van der Waals surface area contributed by atoms with Gasteiger partial charge in [-0.2, -0.15) is 5.10 Å². The number of pyridine rings is 1. The Kier molecular flexibility index (Phi) is 6.87. The van der Waals surface area contributed by atoms with E-state index in [0.29, 0.717) is 35.7 Å². The number of aromatic nitrogens is 3. The summed E-state index contributed by atoms with van der Waals surface area (Å²) >= 11 is 6.03. The first-order chi connectivity index (χ1) is 19.3. The Labute approximate surface area is 235 Å². The molecule has 1 aliphatic heterocycles. The molecular weight excluding hydrogens is 532 g/mol. The van der Waals surface area contributed by atoms with Crippen molar-refractivity contribution in [3.63, 3.8) is 0 Å². The van der Waals surface area contributed by atoms with Crippen LogP contribution in [0.5, 0.6) is 0 Å². The molecular formula is C29H29ClN6O4. The molecule has 3 heterocycles. The van der Waals surface area contributed by atoms with E-state index in [9.17, 15) is 19.2 Å². The number of nitrogens with one attached hydrogen (secondary N) is 1. The van der Waals surface area contributed by atoms with E-state index in [-0.39, 0.29) is 24.0 Å². The number of rotatable bonds is 11. The molecule has 0 radical (unpaired) electrons. The van der Waals surface area contributed by atoms with Crippen molar-refractivity contribution in [2.75, 3.05) is 11.9 Å². The third-order valence-electron chi connectivity index (χ3n) is 8.02. The van der Waals surface area contributed by atoms with Gasteiger partial charge in [0.2, 0.25) is 5.91 Å². The van der Waals surface area contributed by atoms with E-state index >= 15 is 0 Å². The van der Waals surface area contributed by atoms with Crippen LogP contribution in [0.3, 0.4) is 0 Å². The van der Waals surface area contributed by atoms with Crippen LogP contribution in [0.4, 0.5) is 5.69 Å². The van der Waals surface area contributed by atoms with Crippen LogP contribution in [0.1, 0.15) is 76.9 Å². The van der Waals surface area contributed by atoms with Crippen LogP contribution in [0.25, 0.3) is 11.3 Å². The minimum absolute atomic E-state index is 0.00830. The summed E-state index contributed by atoms with van der Waals surface area (Å²) in [5.74, 6) is -1.02. The molecule has 3 aromatic rings. The maximum absolute atomic E-state index is 13.0. The molecule has 10 nitrogen and oxygen atoms in total. The molecule has 40 heavy (non-hydrogen) atoms. The van der Waals surface area contributed by atoms with Gasteiger partial charge in [0.15, 0.2) is 0 Å². The number of carbonyl (C=O) groups excluding carboxylic acids is 4. The van der Waals surface area contributed by atoms with Gasteiger partial charge in [0, 0.05) is 42.5 Å². The molecule has 1 unspecified atom stereocenters. The van der Waals surface area contributed by atoms with Crippen LogP contribution in [-0.2, 0) is 9.59 Å². The maximum atomic E-state index is 13.0. The fraction of sp³-hybridized carbons (Fsp3) is 0.379. The zero-order chi connectivity index (χ0) is 28.0. The predicted molar refractivity (Wildman–Crippen MR) is 148 cm³/mol. The van der Waals surface area contributed by atoms with Crippen molar-refractivity contribution in [2.45, 2.75) is 56.5 Å². The Balaban J connectivity index is 1.08. The lowest BCUT2D eigenvalue weighted by atomic mass is 9.80. The van der Waals surface area contributed by atoms with Crippen molar-refractivity contribution in [1.82, 2.24) is 19.7 Å². The van der Waals surface area contributed by atoms with Gasteiger partial charge in [-0.15, -0.1) is 0 Å². The summed E-state index contributed by atoms with van der Waals surface area (Å²) < 4.78 is 2.09. The van der Waals surface area contributed by atoms with Crippen LogP contribution in [0, 0.1) is 5.92 Å². The quantitative estimate of drug-likeness (QED) is 0.267. The molecule has 3 N–H and O–H groups in total. The van der Waals surface area contributed by atoms with E-state index in [1.54, 1.807) is 24.4 Å². The van der Waals surface area contributed by atoms with Crippen LogP contribution in [0.15, 0.2) is 42.7 Å². The molecule has 2 fully saturated rings. The van der Waals surface area contributed by atoms with Crippen molar-refractivity contribution in [1.29, 1.82) is 0 Å². The number of nitrogens with two attached hydrogens (primary N) is 1. The summed E-state index contributed by atoms with van der Waals surface area (Å²) in [5.41, 5.74) is 9.71. The van der Waals surface area contributed by atoms with Crippen LogP contribution < -0.4 is 11.1 Å². The van der Waals surface area contributed by atoms with Crippen molar-refractivity contribution in [2.24, 2.45) is 11.7 Å². The summed E-state index contributed by atoms with van der Waals surface area (Å²) in [4.78, 5) is 54.0. The molecule has 206 valence electrons. The molecule has 1 aromatic carbocycles. The molecule has 2 aliphatic carbocycles. The Morgan fingerprint density at radius 3 is 2.58 bits per heavy atom. The number of anilines is 1. The second kappa shape index (κ2) is 10.5. The van der Waals surface area contributed by atoms with Crippen molar-refractivity contribution in [3.05, 3.63) is 64.6 Å². The molecule has 11 heteroatoms. The number of nitrogens with zero attached hydrogens (tertiary/aromatic N) is 4.